The summed E-state index contributed by atoms with van der Waals surface area (Å²) in [4.78, 5) is 53.6. The summed E-state index contributed by atoms with van der Waals surface area (Å²) >= 11 is 6.34. The van der Waals surface area contributed by atoms with Gasteiger partial charge >= 0.3 is 0 Å². The molecule has 180 valence electrons. The number of likely N-dealkylation sites (tertiary alicyclic amines) is 1. The number of ether oxygens (including phenoxy) is 2. The Morgan fingerprint density at radius 1 is 1.14 bits per heavy atom. The molecule has 10 nitrogen and oxygen atoms in total. The van der Waals surface area contributed by atoms with Crippen LogP contribution in [0, 0.1) is 11.8 Å². The Bertz CT molecular complexity index is 1310. The highest BCUT2D eigenvalue weighted by Crippen LogP contribution is 2.54. The molecule has 2 aromatic carbocycles. The van der Waals surface area contributed by atoms with Gasteiger partial charge in [-0.25, -0.2) is 0 Å². The van der Waals surface area contributed by atoms with Gasteiger partial charge in [-0.15, -0.1) is 0 Å². The molecule has 0 saturated carbocycles. The number of primary amides is 1. The number of anilines is 1. The Labute approximate surface area is 204 Å². The van der Waals surface area contributed by atoms with Crippen LogP contribution in [0.1, 0.15) is 24.0 Å². The van der Waals surface area contributed by atoms with Gasteiger partial charge in [0.1, 0.15) is 5.54 Å². The predicted octanol–water partition coefficient (Wildman–Crippen LogP) is 1.25. The van der Waals surface area contributed by atoms with Crippen LogP contribution in [0.25, 0.3) is 0 Å². The zero-order chi connectivity index (χ0) is 24.5. The van der Waals surface area contributed by atoms with Crippen molar-refractivity contribution in [2.45, 2.75) is 31.0 Å². The first-order valence-corrected chi connectivity index (χ1v) is 11.6. The van der Waals surface area contributed by atoms with E-state index in [-0.39, 0.29) is 26.2 Å². The molecule has 2 fully saturated rings. The van der Waals surface area contributed by atoms with Crippen LogP contribution >= 0.6 is 11.6 Å². The van der Waals surface area contributed by atoms with Crippen molar-refractivity contribution in [2.24, 2.45) is 17.6 Å². The van der Waals surface area contributed by atoms with Gasteiger partial charge in [-0.2, -0.15) is 0 Å². The molecule has 1 spiro atoms. The number of para-hydroxylation sites is 1. The summed E-state index contributed by atoms with van der Waals surface area (Å²) in [7, 11) is 0. The molecule has 2 aromatic rings. The maximum atomic E-state index is 13.8. The number of halogens is 1. The highest BCUT2D eigenvalue weighted by Gasteiger charge is 2.70. The van der Waals surface area contributed by atoms with Gasteiger partial charge in [0.2, 0.25) is 30.4 Å². The third-order valence-corrected chi connectivity index (χ3v) is 7.58. The summed E-state index contributed by atoms with van der Waals surface area (Å²) in [6.45, 7) is 0.126. The fourth-order valence-electron chi connectivity index (χ4n) is 5.78. The summed E-state index contributed by atoms with van der Waals surface area (Å²) in [6.07, 6.45) is 0.211. The fraction of sp³-hybridized carbons (Fsp3) is 0.333. The van der Waals surface area contributed by atoms with Crippen molar-refractivity contribution in [3.05, 3.63) is 52.5 Å². The largest absolute Gasteiger partial charge is 0.454 e. The number of hydrogen-bond acceptors (Lipinski definition) is 7. The average molecular weight is 497 g/mol. The van der Waals surface area contributed by atoms with Gasteiger partial charge in [0.25, 0.3) is 0 Å². The Kier molecular flexibility index (Phi) is 4.81. The van der Waals surface area contributed by atoms with Crippen LogP contribution in [-0.2, 0) is 31.3 Å². The van der Waals surface area contributed by atoms with Gasteiger partial charge in [0, 0.05) is 18.0 Å². The van der Waals surface area contributed by atoms with Crippen molar-refractivity contribution in [3.8, 4) is 11.5 Å². The van der Waals surface area contributed by atoms with E-state index in [9.17, 15) is 19.2 Å². The average Bonchev–Trinajstić information content (AvgIpc) is 3.55. The quantitative estimate of drug-likeness (QED) is 0.529. The Balaban J connectivity index is 1.40. The second kappa shape index (κ2) is 7.69. The van der Waals surface area contributed by atoms with E-state index in [0.29, 0.717) is 33.3 Å². The molecule has 6 rings (SSSR count). The van der Waals surface area contributed by atoms with E-state index in [1.54, 1.807) is 36.4 Å². The molecule has 4 aliphatic heterocycles. The molecule has 4 N–H and O–H groups in total. The lowest BCUT2D eigenvalue weighted by Crippen LogP contribution is -2.53. The van der Waals surface area contributed by atoms with Gasteiger partial charge in [-0.3, -0.25) is 29.4 Å². The maximum absolute atomic E-state index is 13.8. The maximum Gasteiger partial charge on any atom is 0.250 e. The molecule has 0 aliphatic carbocycles. The third kappa shape index (κ3) is 3.06. The lowest BCUT2D eigenvalue weighted by atomic mass is 9.76. The molecule has 4 atom stereocenters. The SMILES string of the molecule is NC(=O)CC[C@H]1N[C@]2(C(=O)Nc3c(Cl)cccc32)[C@@H]2C(=O)N(Cc3ccc4c(c3)OCO4)C(=O)[C@@H]21. The van der Waals surface area contributed by atoms with Crippen LogP contribution in [-0.4, -0.2) is 41.4 Å². The molecule has 4 amide bonds. The molecule has 4 aliphatic rings. The van der Waals surface area contributed by atoms with Crippen molar-refractivity contribution < 1.29 is 28.7 Å². The van der Waals surface area contributed by atoms with Crippen molar-refractivity contribution >= 4 is 40.9 Å². The van der Waals surface area contributed by atoms with Crippen molar-refractivity contribution in [1.82, 2.24) is 10.2 Å². The van der Waals surface area contributed by atoms with E-state index in [1.165, 1.54) is 4.90 Å². The van der Waals surface area contributed by atoms with Crippen molar-refractivity contribution in [3.63, 3.8) is 0 Å². The molecular weight excluding hydrogens is 476 g/mol. The van der Waals surface area contributed by atoms with E-state index >= 15 is 0 Å². The Hall–Kier alpha value is -3.63. The van der Waals surface area contributed by atoms with Crippen LogP contribution in [0.2, 0.25) is 5.02 Å². The lowest BCUT2D eigenvalue weighted by molar-refractivity contribution is -0.143. The number of hydrogen-bond donors (Lipinski definition) is 3. The number of carbonyl (C=O) groups is 4. The van der Waals surface area contributed by atoms with Gasteiger partial charge in [-0.1, -0.05) is 29.8 Å². The number of nitrogens with zero attached hydrogens (tertiary/aromatic N) is 1. The van der Waals surface area contributed by atoms with E-state index in [0.717, 1.165) is 0 Å². The minimum atomic E-state index is -1.48. The van der Waals surface area contributed by atoms with Crippen LogP contribution in [0.3, 0.4) is 0 Å². The minimum Gasteiger partial charge on any atom is -0.454 e. The molecule has 11 heteroatoms. The normalized spacial score (nSPS) is 28.0. The zero-order valence-corrected chi connectivity index (χ0v) is 19.1. The molecule has 0 unspecified atom stereocenters. The molecule has 35 heavy (non-hydrogen) atoms. The number of rotatable bonds is 5. The standard InChI is InChI=1S/C24H21ClN4O6/c25-13-3-1-2-12-20(13)27-23(33)24(12)19-18(14(28-24)5-7-17(26)30)21(31)29(22(19)32)9-11-4-6-15-16(8-11)35-10-34-15/h1-4,6,8,14,18-19,28H,5,7,9-10H2,(H2,26,30)(H,27,33)/t14-,18-,19+,24+/m1/s1. The number of imide groups is 1. The number of nitrogens with one attached hydrogen (secondary N) is 2. The number of carbonyl (C=O) groups excluding carboxylic acids is 4. The monoisotopic (exact) mass is 496 g/mol. The van der Waals surface area contributed by atoms with E-state index in [4.69, 9.17) is 26.8 Å². The first-order valence-electron chi connectivity index (χ1n) is 11.2. The Morgan fingerprint density at radius 2 is 1.94 bits per heavy atom. The number of benzene rings is 2. The fourth-order valence-corrected chi connectivity index (χ4v) is 6.00. The van der Waals surface area contributed by atoms with Gasteiger partial charge < -0.3 is 20.5 Å². The molecule has 0 radical (unpaired) electrons. The number of fused-ring (bicyclic) bond motifs is 5. The van der Waals surface area contributed by atoms with Gasteiger partial charge in [0.15, 0.2) is 11.5 Å². The summed E-state index contributed by atoms with van der Waals surface area (Å²) in [5, 5.41) is 6.37. The second-order valence-corrected chi connectivity index (χ2v) is 9.54. The van der Waals surface area contributed by atoms with Crippen molar-refractivity contribution in [1.29, 1.82) is 0 Å². The third-order valence-electron chi connectivity index (χ3n) is 7.27. The van der Waals surface area contributed by atoms with Crippen LogP contribution < -0.4 is 25.8 Å². The van der Waals surface area contributed by atoms with Gasteiger partial charge in [0.05, 0.1) is 29.1 Å². The zero-order valence-electron chi connectivity index (χ0n) is 18.4. The highest BCUT2D eigenvalue weighted by atomic mass is 35.5. The second-order valence-electron chi connectivity index (χ2n) is 9.13. The summed E-state index contributed by atoms with van der Waals surface area (Å²) in [6, 6.07) is 9.67. The molecule has 0 bridgehead atoms. The summed E-state index contributed by atoms with van der Waals surface area (Å²) < 4.78 is 10.7. The predicted molar refractivity (Wildman–Crippen MR) is 122 cm³/mol. The molecule has 0 aromatic heterocycles. The molecular formula is C24H21ClN4O6. The van der Waals surface area contributed by atoms with Crippen LogP contribution in [0.4, 0.5) is 5.69 Å². The smallest absolute Gasteiger partial charge is 0.250 e. The van der Waals surface area contributed by atoms with E-state index < -0.39 is 47.0 Å². The minimum absolute atomic E-state index is 0.00458. The number of amides is 4. The van der Waals surface area contributed by atoms with Crippen molar-refractivity contribution in [2.75, 3.05) is 12.1 Å². The lowest BCUT2D eigenvalue weighted by Gasteiger charge is -2.29. The first kappa shape index (κ1) is 21.9. The van der Waals surface area contributed by atoms with E-state index in [2.05, 4.69) is 10.6 Å². The van der Waals surface area contributed by atoms with Gasteiger partial charge in [-0.05, 0) is 30.2 Å². The number of nitrogens with two attached hydrogens (primary N) is 1. The summed E-state index contributed by atoms with van der Waals surface area (Å²) in [5.74, 6) is -2.56. The Morgan fingerprint density at radius 3 is 2.74 bits per heavy atom. The highest BCUT2D eigenvalue weighted by molar-refractivity contribution is 6.35. The topological polar surface area (TPSA) is 140 Å². The van der Waals surface area contributed by atoms with Crippen LogP contribution in [0.15, 0.2) is 36.4 Å². The molecule has 2 saturated heterocycles. The van der Waals surface area contributed by atoms with Crippen LogP contribution in [0.5, 0.6) is 11.5 Å². The summed E-state index contributed by atoms with van der Waals surface area (Å²) in [5.41, 5.74) is 5.49. The van der Waals surface area contributed by atoms with E-state index in [1.807, 2.05) is 0 Å². The molecule has 4 heterocycles. The first-order chi connectivity index (χ1) is 16.8.